The van der Waals surface area contributed by atoms with Gasteiger partial charge in [0.15, 0.2) is 5.82 Å². The van der Waals surface area contributed by atoms with Crippen molar-refractivity contribution in [2.75, 3.05) is 24.3 Å². The second-order valence-electron chi connectivity index (χ2n) is 4.52. The summed E-state index contributed by atoms with van der Waals surface area (Å²) in [4.78, 5) is 17.3. The third-order valence-corrected chi connectivity index (χ3v) is 2.69. The molecular weight excluding hydrogens is 268 g/mol. The van der Waals surface area contributed by atoms with Crippen LogP contribution in [0.1, 0.15) is 24.1 Å². The lowest BCUT2D eigenvalue weighted by Crippen LogP contribution is -2.09. The number of methoxy groups -OCH3 is 1. The van der Waals surface area contributed by atoms with Crippen molar-refractivity contribution >= 4 is 11.6 Å². The maximum atomic E-state index is 5.09. The van der Waals surface area contributed by atoms with Crippen LogP contribution in [0.15, 0.2) is 18.5 Å². The molecule has 0 amide bonds. The van der Waals surface area contributed by atoms with Crippen molar-refractivity contribution in [3.05, 3.63) is 35.7 Å². The quantitative estimate of drug-likeness (QED) is 0.803. The first kappa shape index (κ1) is 15.1. The zero-order valence-corrected chi connectivity index (χ0v) is 12.6. The molecule has 2 rings (SSSR count). The van der Waals surface area contributed by atoms with Gasteiger partial charge in [-0.3, -0.25) is 9.97 Å². The molecule has 0 saturated carbocycles. The highest BCUT2D eigenvalue weighted by Gasteiger charge is 2.05. The molecular formula is C14H20N6O. The van der Waals surface area contributed by atoms with Gasteiger partial charge >= 0.3 is 0 Å². The molecule has 2 heterocycles. The first-order chi connectivity index (χ1) is 10.2. The summed E-state index contributed by atoms with van der Waals surface area (Å²) in [5.41, 5.74) is 1.76. The summed E-state index contributed by atoms with van der Waals surface area (Å²) in [6.07, 6.45) is 3.50. The number of hydrogen-bond acceptors (Lipinski definition) is 7. The monoisotopic (exact) mass is 288 g/mol. The van der Waals surface area contributed by atoms with Crippen LogP contribution in [0.25, 0.3) is 0 Å². The van der Waals surface area contributed by atoms with Crippen molar-refractivity contribution in [1.29, 1.82) is 0 Å². The van der Waals surface area contributed by atoms with Crippen LogP contribution in [0.5, 0.6) is 0 Å². The Labute approximate surface area is 124 Å². The van der Waals surface area contributed by atoms with E-state index in [1.165, 1.54) is 0 Å². The van der Waals surface area contributed by atoms with Gasteiger partial charge in [0.1, 0.15) is 18.2 Å². The zero-order valence-electron chi connectivity index (χ0n) is 12.6. The van der Waals surface area contributed by atoms with Crippen LogP contribution in [0.4, 0.5) is 11.6 Å². The van der Waals surface area contributed by atoms with Crippen molar-refractivity contribution in [3.63, 3.8) is 0 Å². The van der Waals surface area contributed by atoms with Crippen LogP contribution >= 0.6 is 0 Å². The SMILES string of the molecule is CCNc1cc(NCc2cnc(C)cn2)nc(COC)n1. The Morgan fingerprint density at radius 1 is 1.10 bits per heavy atom. The Hall–Kier alpha value is -2.28. The standard InChI is InChI=1S/C14H20N6O/c1-4-15-12-5-13(20-14(19-12)9-21-3)18-8-11-7-16-10(2)6-17-11/h5-7H,4,8-9H2,1-3H3,(H2,15,18,19,20). The molecule has 0 aliphatic carbocycles. The Kier molecular flexibility index (Phi) is 5.39. The Balaban J connectivity index is 2.08. The molecule has 0 aromatic carbocycles. The fourth-order valence-corrected chi connectivity index (χ4v) is 1.74. The van der Waals surface area contributed by atoms with E-state index in [0.717, 1.165) is 29.6 Å². The predicted octanol–water partition coefficient (Wildman–Crippen LogP) is 1.77. The van der Waals surface area contributed by atoms with Crippen LogP contribution in [0, 0.1) is 6.92 Å². The summed E-state index contributed by atoms with van der Waals surface area (Å²) in [6.45, 7) is 5.66. The van der Waals surface area contributed by atoms with Gasteiger partial charge in [0.25, 0.3) is 0 Å². The van der Waals surface area contributed by atoms with Gasteiger partial charge < -0.3 is 15.4 Å². The van der Waals surface area contributed by atoms with E-state index in [0.29, 0.717) is 19.0 Å². The Morgan fingerprint density at radius 2 is 1.86 bits per heavy atom. The Bertz CT molecular complexity index is 548. The van der Waals surface area contributed by atoms with Crippen molar-refractivity contribution < 1.29 is 4.74 Å². The van der Waals surface area contributed by atoms with E-state index in [4.69, 9.17) is 4.74 Å². The predicted molar refractivity (Wildman–Crippen MR) is 81.0 cm³/mol. The van der Waals surface area contributed by atoms with Gasteiger partial charge in [-0.2, -0.15) is 0 Å². The summed E-state index contributed by atoms with van der Waals surface area (Å²) in [6, 6.07) is 1.87. The first-order valence-corrected chi connectivity index (χ1v) is 6.83. The van der Waals surface area contributed by atoms with Crippen LogP contribution in [-0.4, -0.2) is 33.6 Å². The molecule has 2 aromatic rings. The van der Waals surface area contributed by atoms with Gasteiger partial charge in [-0.1, -0.05) is 0 Å². The number of anilines is 2. The lowest BCUT2D eigenvalue weighted by Gasteiger charge is -2.10. The minimum absolute atomic E-state index is 0.373. The smallest absolute Gasteiger partial charge is 0.158 e. The van der Waals surface area contributed by atoms with Crippen molar-refractivity contribution in [2.24, 2.45) is 0 Å². The lowest BCUT2D eigenvalue weighted by molar-refractivity contribution is 0.178. The van der Waals surface area contributed by atoms with Gasteiger partial charge in [0.2, 0.25) is 0 Å². The summed E-state index contributed by atoms with van der Waals surface area (Å²) >= 11 is 0. The summed E-state index contributed by atoms with van der Waals surface area (Å²) in [5.74, 6) is 2.14. The third kappa shape index (κ3) is 4.64. The minimum atomic E-state index is 0.373. The molecule has 0 unspecified atom stereocenters. The fraction of sp³-hybridized carbons (Fsp3) is 0.429. The largest absolute Gasteiger partial charge is 0.377 e. The number of nitrogens with one attached hydrogen (secondary N) is 2. The molecule has 0 fully saturated rings. The molecule has 7 heteroatoms. The normalized spacial score (nSPS) is 10.4. The topological polar surface area (TPSA) is 84.9 Å². The van der Waals surface area contributed by atoms with E-state index in [9.17, 15) is 0 Å². The second kappa shape index (κ2) is 7.49. The zero-order chi connectivity index (χ0) is 15.1. The molecule has 21 heavy (non-hydrogen) atoms. The lowest BCUT2D eigenvalue weighted by atomic mass is 10.4. The molecule has 0 spiro atoms. The Morgan fingerprint density at radius 3 is 2.48 bits per heavy atom. The number of aromatic nitrogens is 4. The number of rotatable bonds is 7. The minimum Gasteiger partial charge on any atom is -0.377 e. The molecule has 2 aromatic heterocycles. The average molecular weight is 288 g/mol. The molecule has 0 bridgehead atoms. The highest BCUT2D eigenvalue weighted by Crippen LogP contribution is 2.12. The highest BCUT2D eigenvalue weighted by atomic mass is 16.5. The number of aryl methyl sites for hydroxylation is 1. The van der Waals surface area contributed by atoms with E-state index >= 15 is 0 Å². The van der Waals surface area contributed by atoms with E-state index in [1.54, 1.807) is 19.5 Å². The summed E-state index contributed by atoms with van der Waals surface area (Å²) in [7, 11) is 1.62. The van der Waals surface area contributed by atoms with E-state index in [1.807, 2.05) is 19.9 Å². The van der Waals surface area contributed by atoms with Crippen LogP contribution in [-0.2, 0) is 17.9 Å². The van der Waals surface area contributed by atoms with Gasteiger partial charge in [0.05, 0.1) is 24.1 Å². The molecule has 7 nitrogen and oxygen atoms in total. The first-order valence-electron chi connectivity index (χ1n) is 6.83. The molecule has 112 valence electrons. The number of nitrogens with zero attached hydrogens (tertiary/aromatic N) is 4. The van der Waals surface area contributed by atoms with Gasteiger partial charge in [-0.05, 0) is 13.8 Å². The number of hydrogen-bond donors (Lipinski definition) is 2. The molecule has 0 aliphatic rings. The van der Waals surface area contributed by atoms with E-state index in [2.05, 4.69) is 30.6 Å². The van der Waals surface area contributed by atoms with Gasteiger partial charge in [-0.25, -0.2) is 9.97 Å². The van der Waals surface area contributed by atoms with Crippen molar-refractivity contribution in [3.8, 4) is 0 Å². The maximum absolute atomic E-state index is 5.09. The second-order valence-corrected chi connectivity index (χ2v) is 4.52. The molecule has 2 N–H and O–H groups in total. The average Bonchev–Trinajstić information content (AvgIpc) is 2.47. The van der Waals surface area contributed by atoms with Gasteiger partial charge in [-0.15, -0.1) is 0 Å². The molecule has 0 aliphatic heterocycles. The summed E-state index contributed by atoms with van der Waals surface area (Å²) in [5, 5.41) is 6.41. The number of ether oxygens (including phenoxy) is 1. The molecule has 0 atom stereocenters. The van der Waals surface area contributed by atoms with Crippen molar-refractivity contribution in [1.82, 2.24) is 19.9 Å². The third-order valence-electron chi connectivity index (χ3n) is 2.69. The fourth-order valence-electron chi connectivity index (χ4n) is 1.74. The maximum Gasteiger partial charge on any atom is 0.158 e. The molecule has 0 radical (unpaired) electrons. The highest BCUT2D eigenvalue weighted by molar-refractivity contribution is 5.47. The molecule has 0 saturated heterocycles. The summed E-state index contributed by atoms with van der Waals surface area (Å²) < 4.78 is 5.09. The van der Waals surface area contributed by atoms with Crippen LogP contribution in [0.2, 0.25) is 0 Å². The van der Waals surface area contributed by atoms with Crippen molar-refractivity contribution in [2.45, 2.75) is 27.0 Å². The van der Waals surface area contributed by atoms with Crippen LogP contribution < -0.4 is 10.6 Å². The van der Waals surface area contributed by atoms with E-state index < -0.39 is 0 Å². The van der Waals surface area contributed by atoms with E-state index in [-0.39, 0.29) is 0 Å². The van der Waals surface area contributed by atoms with Gasteiger partial charge in [0, 0.05) is 25.9 Å². The van der Waals surface area contributed by atoms with Crippen LogP contribution in [0.3, 0.4) is 0 Å².